The van der Waals surface area contributed by atoms with Crippen LogP contribution in [0, 0.1) is 20.8 Å². The third kappa shape index (κ3) is 1.63. The van der Waals surface area contributed by atoms with Crippen LogP contribution in [0.3, 0.4) is 0 Å². The molecule has 1 atom stereocenters. The summed E-state index contributed by atoms with van der Waals surface area (Å²) in [5.74, 6) is 1.05. The number of benzene rings is 1. The first-order valence-corrected chi connectivity index (χ1v) is 5.72. The molecule has 0 spiro atoms. The van der Waals surface area contributed by atoms with Gasteiger partial charge in [0.2, 0.25) is 0 Å². The van der Waals surface area contributed by atoms with Gasteiger partial charge in [0, 0.05) is 5.39 Å². The fraction of sp³-hybridized carbons (Fsp3) is 0.429. The van der Waals surface area contributed by atoms with E-state index in [0.717, 1.165) is 11.3 Å². The summed E-state index contributed by atoms with van der Waals surface area (Å²) in [5.41, 5.74) is 4.79. The standard InChI is InChI=1S/C14H19NO/c1-8-6-9(2)13-12(7-8)10(3)14(16-13)11(4)15-5/h6-7,11,15H,1-5H3. The first kappa shape index (κ1) is 11.2. The van der Waals surface area contributed by atoms with Crippen LogP contribution in [0.5, 0.6) is 0 Å². The van der Waals surface area contributed by atoms with Crippen molar-refractivity contribution < 1.29 is 4.42 Å². The molecule has 0 bridgehead atoms. The van der Waals surface area contributed by atoms with Crippen molar-refractivity contribution in [2.75, 3.05) is 7.05 Å². The van der Waals surface area contributed by atoms with E-state index >= 15 is 0 Å². The molecule has 0 amide bonds. The van der Waals surface area contributed by atoms with Gasteiger partial charge < -0.3 is 9.73 Å². The van der Waals surface area contributed by atoms with Crippen LogP contribution in [0.25, 0.3) is 11.0 Å². The van der Waals surface area contributed by atoms with E-state index in [1.165, 1.54) is 22.1 Å². The molecule has 2 nitrogen and oxygen atoms in total. The van der Waals surface area contributed by atoms with Crippen LogP contribution in [0.1, 0.15) is 35.4 Å². The Morgan fingerprint density at radius 2 is 1.88 bits per heavy atom. The quantitative estimate of drug-likeness (QED) is 0.830. The van der Waals surface area contributed by atoms with Crippen LogP contribution in [0.4, 0.5) is 0 Å². The minimum atomic E-state index is 0.257. The van der Waals surface area contributed by atoms with Crippen molar-refractivity contribution in [2.24, 2.45) is 0 Å². The van der Waals surface area contributed by atoms with Crippen LogP contribution in [0.15, 0.2) is 16.5 Å². The maximum atomic E-state index is 5.97. The van der Waals surface area contributed by atoms with Crippen LogP contribution >= 0.6 is 0 Å². The van der Waals surface area contributed by atoms with Gasteiger partial charge in [-0.2, -0.15) is 0 Å². The first-order chi connectivity index (χ1) is 7.54. The van der Waals surface area contributed by atoms with E-state index in [0.29, 0.717) is 0 Å². The van der Waals surface area contributed by atoms with Gasteiger partial charge in [0.1, 0.15) is 11.3 Å². The van der Waals surface area contributed by atoms with Crippen molar-refractivity contribution in [3.63, 3.8) is 0 Å². The lowest BCUT2D eigenvalue weighted by atomic mass is 10.0. The molecule has 1 aromatic heterocycles. The zero-order valence-electron chi connectivity index (χ0n) is 10.6. The third-order valence-electron chi connectivity index (χ3n) is 3.23. The summed E-state index contributed by atoms with van der Waals surface area (Å²) in [4.78, 5) is 0. The lowest BCUT2D eigenvalue weighted by molar-refractivity contribution is 0.470. The molecule has 2 heteroatoms. The molecule has 1 heterocycles. The van der Waals surface area contributed by atoms with Crippen LogP contribution < -0.4 is 5.32 Å². The van der Waals surface area contributed by atoms with E-state index in [2.05, 4.69) is 45.1 Å². The van der Waals surface area contributed by atoms with Gasteiger partial charge in [-0.15, -0.1) is 0 Å². The summed E-state index contributed by atoms with van der Waals surface area (Å²) in [6, 6.07) is 4.62. The molecule has 0 radical (unpaired) electrons. The molecular formula is C14H19NO. The Kier molecular flexibility index (Phi) is 2.76. The predicted octanol–water partition coefficient (Wildman–Crippen LogP) is 3.64. The van der Waals surface area contributed by atoms with Gasteiger partial charge in [0.05, 0.1) is 6.04 Å². The number of aryl methyl sites for hydroxylation is 3. The normalized spacial score (nSPS) is 13.3. The molecule has 0 saturated heterocycles. The second-order valence-corrected chi connectivity index (χ2v) is 4.56. The molecule has 16 heavy (non-hydrogen) atoms. The van der Waals surface area contributed by atoms with Gasteiger partial charge in [0.25, 0.3) is 0 Å². The molecule has 1 N–H and O–H groups in total. The van der Waals surface area contributed by atoms with Crippen molar-refractivity contribution in [3.8, 4) is 0 Å². The number of furan rings is 1. The van der Waals surface area contributed by atoms with Gasteiger partial charge >= 0.3 is 0 Å². The molecule has 1 unspecified atom stereocenters. The molecule has 0 aliphatic carbocycles. The third-order valence-corrected chi connectivity index (χ3v) is 3.23. The molecule has 2 rings (SSSR count). The summed E-state index contributed by atoms with van der Waals surface area (Å²) in [6.07, 6.45) is 0. The fourth-order valence-corrected chi connectivity index (χ4v) is 2.23. The van der Waals surface area contributed by atoms with Crippen LogP contribution in [0.2, 0.25) is 0 Å². The van der Waals surface area contributed by atoms with Gasteiger partial charge in [-0.05, 0) is 57.5 Å². The molecule has 0 aliphatic rings. The number of fused-ring (bicyclic) bond motifs is 1. The van der Waals surface area contributed by atoms with Gasteiger partial charge in [0.15, 0.2) is 0 Å². The number of hydrogen-bond donors (Lipinski definition) is 1. The Labute approximate surface area is 96.6 Å². The van der Waals surface area contributed by atoms with Crippen molar-refractivity contribution in [3.05, 3.63) is 34.6 Å². The second-order valence-electron chi connectivity index (χ2n) is 4.56. The van der Waals surface area contributed by atoms with Crippen LogP contribution in [-0.2, 0) is 0 Å². The fourth-order valence-electron chi connectivity index (χ4n) is 2.23. The number of rotatable bonds is 2. The Hall–Kier alpha value is -1.28. The molecular weight excluding hydrogens is 198 g/mol. The zero-order valence-corrected chi connectivity index (χ0v) is 10.6. The molecule has 2 aromatic rings. The zero-order chi connectivity index (χ0) is 11.9. The van der Waals surface area contributed by atoms with Gasteiger partial charge in [-0.1, -0.05) is 6.07 Å². The Morgan fingerprint density at radius 3 is 2.50 bits per heavy atom. The Balaban J connectivity index is 2.72. The van der Waals surface area contributed by atoms with E-state index in [-0.39, 0.29) is 6.04 Å². The Bertz CT molecular complexity index is 525. The lowest BCUT2D eigenvalue weighted by Crippen LogP contribution is -2.12. The van der Waals surface area contributed by atoms with Crippen molar-refractivity contribution in [1.29, 1.82) is 0 Å². The van der Waals surface area contributed by atoms with Crippen molar-refractivity contribution in [1.82, 2.24) is 5.32 Å². The van der Waals surface area contributed by atoms with Crippen LogP contribution in [-0.4, -0.2) is 7.05 Å². The molecule has 0 saturated carbocycles. The lowest BCUT2D eigenvalue weighted by Gasteiger charge is -2.06. The Morgan fingerprint density at radius 1 is 1.19 bits per heavy atom. The number of nitrogens with one attached hydrogen (secondary N) is 1. The second kappa shape index (κ2) is 3.95. The monoisotopic (exact) mass is 217 g/mol. The van der Waals surface area contributed by atoms with E-state index in [1.807, 2.05) is 7.05 Å². The predicted molar refractivity (Wildman–Crippen MR) is 67.9 cm³/mol. The van der Waals surface area contributed by atoms with Gasteiger partial charge in [-0.3, -0.25) is 0 Å². The molecule has 0 aliphatic heterocycles. The van der Waals surface area contributed by atoms with E-state index in [1.54, 1.807) is 0 Å². The minimum Gasteiger partial charge on any atom is -0.459 e. The summed E-state index contributed by atoms with van der Waals surface area (Å²) in [7, 11) is 1.95. The van der Waals surface area contributed by atoms with E-state index < -0.39 is 0 Å². The number of hydrogen-bond acceptors (Lipinski definition) is 2. The minimum absolute atomic E-state index is 0.257. The highest BCUT2D eigenvalue weighted by Gasteiger charge is 2.16. The summed E-state index contributed by atoms with van der Waals surface area (Å²) in [6.45, 7) is 8.48. The van der Waals surface area contributed by atoms with E-state index in [9.17, 15) is 0 Å². The van der Waals surface area contributed by atoms with Crippen molar-refractivity contribution >= 4 is 11.0 Å². The molecule has 0 fully saturated rings. The summed E-state index contributed by atoms with van der Waals surface area (Å²) >= 11 is 0. The maximum absolute atomic E-state index is 5.97. The maximum Gasteiger partial charge on any atom is 0.137 e. The highest BCUT2D eigenvalue weighted by molar-refractivity contribution is 5.85. The average Bonchev–Trinajstić information content (AvgIpc) is 2.56. The topological polar surface area (TPSA) is 25.2 Å². The largest absolute Gasteiger partial charge is 0.459 e. The smallest absolute Gasteiger partial charge is 0.137 e. The molecule has 1 aromatic carbocycles. The van der Waals surface area contributed by atoms with Gasteiger partial charge in [-0.25, -0.2) is 0 Å². The van der Waals surface area contributed by atoms with E-state index in [4.69, 9.17) is 4.42 Å². The first-order valence-electron chi connectivity index (χ1n) is 5.72. The highest BCUT2D eigenvalue weighted by Crippen LogP contribution is 2.31. The SMILES string of the molecule is CNC(C)c1oc2c(C)cc(C)cc2c1C. The van der Waals surface area contributed by atoms with Crippen molar-refractivity contribution in [2.45, 2.75) is 33.7 Å². The average molecular weight is 217 g/mol. The molecule has 86 valence electrons. The summed E-state index contributed by atoms with van der Waals surface area (Å²) < 4.78 is 5.97. The summed E-state index contributed by atoms with van der Waals surface area (Å²) in [5, 5.41) is 4.47. The highest BCUT2D eigenvalue weighted by atomic mass is 16.3.